The number of anilines is 1. The number of carbonyl (C=O) groups is 1. The molecule has 2 heterocycles. The van der Waals surface area contributed by atoms with E-state index in [4.69, 9.17) is 0 Å². The number of fused-ring (bicyclic) bond motifs is 1. The van der Waals surface area contributed by atoms with Crippen LogP contribution in [0, 0.1) is 2.88 Å². The minimum Gasteiger partial charge on any atom is -0.315 e. The Balaban J connectivity index is 1.95. The molecular weight excluding hydrogens is 437 g/mol. The van der Waals surface area contributed by atoms with Crippen LogP contribution >= 0.6 is 49.9 Å². The van der Waals surface area contributed by atoms with Crippen LogP contribution in [0.3, 0.4) is 0 Å². The average Bonchev–Trinajstić information content (AvgIpc) is 2.94. The molecule has 1 unspecified atom stereocenters. The molecule has 0 aliphatic carbocycles. The highest BCUT2D eigenvalue weighted by Crippen LogP contribution is 2.37. The van der Waals surface area contributed by atoms with Gasteiger partial charge >= 0.3 is 0 Å². The van der Waals surface area contributed by atoms with E-state index in [1.807, 2.05) is 13.1 Å². The molecule has 2 aromatic rings. The Hall–Kier alpha value is -0.400. The second-order valence-electron chi connectivity index (χ2n) is 4.56. The summed E-state index contributed by atoms with van der Waals surface area (Å²) in [6.07, 6.45) is 0.514. The van der Waals surface area contributed by atoms with E-state index in [2.05, 4.69) is 62.1 Å². The molecule has 1 aromatic heterocycles. The molecule has 1 aliphatic heterocycles. The normalized spacial score (nSPS) is 15.7. The fraction of sp³-hybridized carbons (Fsp3) is 0.214. The summed E-state index contributed by atoms with van der Waals surface area (Å²) in [4.78, 5) is 13.6. The SMILES string of the molecule is CN1C(=O)Cc2cc(C(Br)c3csc(I)c3)ccc21. The van der Waals surface area contributed by atoms with Crippen molar-refractivity contribution in [1.29, 1.82) is 0 Å². The Bertz CT molecular complexity index is 655. The van der Waals surface area contributed by atoms with E-state index in [-0.39, 0.29) is 10.7 Å². The van der Waals surface area contributed by atoms with Crippen molar-refractivity contribution in [3.63, 3.8) is 0 Å². The molecule has 0 N–H and O–H groups in total. The minimum atomic E-state index is 0.170. The maximum atomic E-state index is 11.7. The maximum absolute atomic E-state index is 11.7. The van der Waals surface area contributed by atoms with E-state index in [1.165, 1.54) is 14.0 Å². The molecular formula is C14H11BrINOS. The second kappa shape index (κ2) is 5.18. The van der Waals surface area contributed by atoms with Gasteiger partial charge in [0.15, 0.2) is 0 Å². The molecule has 0 radical (unpaired) electrons. The fourth-order valence-corrected chi connectivity index (χ4v) is 4.42. The standard InChI is InChI=1S/C14H11BrINOS/c1-17-11-3-2-8(4-9(11)6-13(17)18)14(15)10-5-12(16)19-7-10/h2-5,7,14H,6H2,1H3. The maximum Gasteiger partial charge on any atom is 0.231 e. The van der Waals surface area contributed by atoms with Gasteiger partial charge in [-0.25, -0.2) is 0 Å². The zero-order valence-corrected chi connectivity index (χ0v) is 14.8. The molecule has 1 aliphatic rings. The summed E-state index contributed by atoms with van der Waals surface area (Å²) in [5, 5.41) is 2.17. The zero-order valence-electron chi connectivity index (χ0n) is 10.2. The third-order valence-corrected chi connectivity index (χ3v) is 6.22. The van der Waals surface area contributed by atoms with Crippen molar-refractivity contribution in [2.75, 3.05) is 11.9 Å². The molecule has 5 heteroatoms. The number of likely N-dealkylation sites (N-methyl/N-ethyl adjacent to an activating group) is 1. The Kier molecular flexibility index (Phi) is 3.70. The Labute approximate surface area is 138 Å². The number of alkyl halides is 1. The van der Waals surface area contributed by atoms with Crippen molar-refractivity contribution in [3.05, 3.63) is 49.2 Å². The van der Waals surface area contributed by atoms with E-state index < -0.39 is 0 Å². The molecule has 1 aromatic carbocycles. The first-order chi connectivity index (χ1) is 9.06. The van der Waals surface area contributed by atoms with Gasteiger partial charge in [-0.15, -0.1) is 11.3 Å². The smallest absolute Gasteiger partial charge is 0.231 e. The van der Waals surface area contributed by atoms with Gasteiger partial charge in [0, 0.05) is 12.7 Å². The summed E-state index contributed by atoms with van der Waals surface area (Å²) in [5.41, 5.74) is 4.64. The molecule has 19 heavy (non-hydrogen) atoms. The third-order valence-electron chi connectivity index (χ3n) is 3.35. The Morgan fingerprint density at radius 1 is 1.37 bits per heavy atom. The molecule has 0 fully saturated rings. The number of nitrogens with zero attached hydrogens (tertiary/aromatic N) is 1. The van der Waals surface area contributed by atoms with Crippen molar-refractivity contribution < 1.29 is 4.79 Å². The number of amides is 1. The summed E-state index contributed by atoms with van der Waals surface area (Å²) in [5.74, 6) is 0.170. The van der Waals surface area contributed by atoms with Gasteiger partial charge in [0.1, 0.15) is 0 Å². The Morgan fingerprint density at radius 2 is 2.16 bits per heavy atom. The van der Waals surface area contributed by atoms with Crippen LogP contribution < -0.4 is 4.90 Å². The van der Waals surface area contributed by atoms with Crippen LogP contribution in [0.5, 0.6) is 0 Å². The van der Waals surface area contributed by atoms with Crippen molar-refractivity contribution in [1.82, 2.24) is 0 Å². The topological polar surface area (TPSA) is 20.3 Å². The van der Waals surface area contributed by atoms with Gasteiger partial charge in [-0.1, -0.05) is 28.1 Å². The van der Waals surface area contributed by atoms with Crippen molar-refractivity contribution in [3.8, 4) is 0 Å². The molecule has 0 saturated carbocycles. The first-order valence-electron chi connectivity index (χ1n) is 5.83. The lowest BCUT2D eigenvalue weighted by Crippen LogP contribution is -2.20. The van der Waals surface area contributed by atoms with Crippen molar-refractivity contribution >= 4 is 61.5 Å². The first kappa shape index (κ1) is 13.6. The van der Waals surface area contributed by atoms with Crippen LogP contribution in [0.2, 0.25) is 0 Å². The van der Waals surface area contributed by atoms with Crippen LogP contribution in [-0.4, -0.2) is 13.0 Å². The predicted octanol–water partition coefficient (Wildman–Crippen LogP) is 4.36. The summed E-state index contributed by atoms with van der Waals surface area (Å²) in [6, 6.07) is 8.47. The van der Waals surface area contributed by atoms with Gasteiger partial charge in [0.25, 0.3) is 0 Å². The molecule has 0 bridgehead atoms. The van der Waals surface area contributed by atoms with Crippen molar-refractivity contribution in [2.24, 2.45) is 0 Å². The van der Waals surface area contributed by atoms with E-state index in [1.54, 1.807) is 16.2 Å². The summed E-state index contributed by atoms with van der Waals surface area (Å²) in [7, 11) is 1.83. The van der Waals surface area contributed by atoms with E-state index in [0.717, 1.165) is 11.3 Å². The number of hydrogen-bond acceptors (Lipinski definition) is 2. The number of benzene rings is 1. The predicted molar refractivity (Wildman–Crippen MR) is 91.4 cm³/mol. The lowest BCUT2D eigenvalue weighted by molar-refractivity contribution is -0.117. The summed E-state index contributed by atoms with van der Waals surface area (Å²) >= 11 is 7.83. The third kappa shape index (κ3) is 2.48. The number of carbonyl (C=O) groups excluding carboxylic acids is 1. The highest BCUT2D eigenvalue weighted by molar-refractivity contribution is 14.1. The number of hydrogen-bond donors (Lipinski definition) is 0. The fourth-order valence-electron chi connectivity index (χ4n) is 2.30. The van der Waals surface area contributed by atoms with Crippen molar-refractivity contribution in [2.45, 2.75) is 11.2 Å². The lowest BCUT2D eigenvalue weighted by atomic mass is 10.0. The van der Waals surface area contributed by atoms with Crippen LogP contribution in [0.15, 0.2) is 29.6 Å². The molecule has 3 rings (SSSR count). The summed E-state index contributed by atoms with van der Waals surface area (Å²) < 4.78 is 1.29. The first-order valence-corrected chi connectivity index (χ1v) is 8.71. The van der Waals surface area contributed by atoms with E-state index in [0.29, 0.717) is 6.42 Å². The lowest BCUT2D eigenvalue weighted by Gasteiger charge is -2.13. The van der Waals surface area contributed by atoms with Crippen LogP contribution in [-0.2, 0) is 11.2 Å². The molecule has 1 amide bonds. The highest BCUT2D eigenvalue weighted by Gasteiger charge is 2.25. The van der Waals surface area contributed by atoms with Crippen LogP contribution in [0.1, 0.15) is 21.5 Å². The quantitative estimate of drug-likeness (QED) is 0.494. The van der Waals surface area contributed by atoms with Gasteiger partial charge in [0.2, 0.25) is 5.91 Å². The van der Waals surface area contributed by atoms with Gasteiger partial charge < -0.3 is 4.90 Å². The molecule has 0 spiro atoms. The van der Waals surface area contributed by atoms with E-state index in [9.17, 15) is 4.79 Å². The second-order valence-corrected chi connectivity index (χ2v) is 8.29. The van der Waals surface area contributed by atoms with E-state index >= 15 is 0 Å². The van der Waals surface area contributed by atoms with Gasteiger partial charge in [-0.3, -0.25) is 4.79 Å². The number of rotatable bonds is 2. The number of thiophene rings is 1. The van der Waals surface area contributed by atoms with Crippen LogP contribution in [0.25, 0.3) is 0 Å². The molecule has 0 saturated heterocycles. The highest BCUT2D eigenvalue weighted by atomic mass is 127. The average molecular weight is 448 g/mol. The monoisotopic (exact) mass is 447 g/mol. The van der Waals surface area contributed by atoms with Gasteiger partial charge in [-0.2, -0.15) is 0 Å². The minimum absolute atomic E-state index is 0.170. The molecule has 2 nitrogen and oxygen atoms in total. The Morgan fingerprint density at radius 3 is 2.84 bits per heavy atom. The largest absolute Gasteiger partial charge is 0.315 e. The summed E-state index contributed by atoms with van der Waals surface area (Å²) in [6.45, 7) is 0. The van der Waals surface area contributed by atoms with Gasteiger partial charge in [0.05, 0.1) is 14.1 Å². The van der Waals surface area contributed by atoms with Crippen LogP contribution in [0.4, 0.5) is 5.69 Å². The van der Waals surface area contributed by atoms with Gasteiger partial charge in [-0.05, 0) is 56.8 Å². The number of halogens is 2. The molecule has 1 atom stereocenters. The zero-order chi connectivity index (χ0) is 13.6. The molecule has 98 valence electrons.